The number of benzene rings is 1. The highest BCUT2D eigenvalue weighted by Crippen LogP contribution is 2.33. The second-order valence-corrected chi connectivity index (χ2v) is 5.29. The summed E-state index contributed by atoms with van der Waals surface area (Å²) in [6.07, 6.45) is 5.26. The van der Waals surface area contributed by atoms with Crippen LogP contribution in [0.15, 0.2) is 24.3 Å². The van der Waals surface area contributed by atoms with E-state index in [9.17, 15) is 10.2 Å². The Morgan fingerprint density at radius 2 is 1.88 bits per heavy atom. The van der Waals surface area contributed by atoms with Crippen LogP contribution in [0.1, 0.15) is 38.2 Å². The Bertz CT molecular complexity index is 344. The van der Waals surface area contributed by atoms with Gasteiger partial charge in [0.25, 0.3) is 0 Å². The molecule has 0 amide bonds. The van der Waals surface area contributed by atoms with Crippen LogP contribution in [0.25, 0.3) is 0 Å². The first-order valence-electron chi connectivity index (χ1n) is 6.65. The number of phenolic OH excluding ortho intramolecular Hbond substituents is 1. The first kappa shape index (κ1) is 12.4. The number of hydrogen-bond donors (Lipinski definition) is 2. The maximum Gasteiger partial charge on any atom is 0.115 e. The van der Waals surface area contributed by atoms with Crippen molar-refractivity contribution in [3.63, 3.8) is 0 Å². The Kier molecular flexibility index (Phi) is 4.06. The highest BCUT2D eigenvalue weighted by Gasteiger charge is 2.28. The second kappa shape index (κ2) is 5.54. The van der Waals surface area contributed by atoms with E-state index in [-0.39, 0.29) is 6.10 Å². The van der Waals surface area contributed by atoms with Crippen molar-refractivity contribution in [1.29, 1.82) is 0 Å². The Morgan fingerprint density at radius 1 is 1.18 bits per heavy atom. The summed E-state index contributed by atoms with van der Waals surface area (Å²) < 4.78 is 0. The third kappa shape index (κ3) is 3.22. The average molecular weight is 234 g/mol. The Morgan fingerprint density at radius 3 is 2.53 bits per heavy atom. The van der Waals surface area contributed by atoms with Gasteiger partial charge < -0.3 is 10.2 Å². The molecule has 94 valence electrons. The maximum absolute atomic E-state index is 10.0. The summed E-state index contributed by atoms with van der Waals surface area (Å²) in [4.78, 5) is 0. The molecule has 0 spiro atoms. The summed E-state index contributed by atoms with van der Waals surface area (Å²) in [5, 5.41) is 19.3. The second-order valence-electron chi connectivity index (χ2n) is 5.29. The molecular formula is C15H22O2. The molecular weight excluding hydrogens is 212 g/mol. The molecule has 1 saturated carbocycles. The van der Waals surface area contributed by atoms with Crippen molar-refractivity contribution in [3.05, 3.63) is 29.8 Å². The summed E-state index contributed by atoms with van der Waals surface area (Å²) in [5.41, 5.74) is 1.21. The third-order valence-electron chi connectivity index (χ3n) is 4.06. The van der Waals surface area contributed by atoms with E-state index >= 15 is 0 Å². The lowest BCUT2D eigenvalue weighted by atomic mass is 9.76. The summed E-state index contributed by atoms with van der Waals surface area (Å²) in [6.45, 7) is 2.24. The van der Waals surface area contributed by atoms with E-state index in [1.165, 1.54) is 18.4 Å². The van der Waals surface area contributed by atoms with E-state index in [1.807, 2.05) is 12.1 Å². The zero-order chi connectivity index (χ0) is 12.3. The molecule has 1 fully saturated rings. The molecule has 3 unspecified atom stereocenters. The van der Waals surface area contributed by atoms with Gasteiger partial charge in [-0.1, -0.05) is 25.5 Å². The zero-order valence-electron chi connectivity index (χ0n) is 10.5. The van der Waals surface area contributed by atoms with Crippen molar-refractivity contribution >= 4 is 0 Å². The molecule has 2 nitrogen and oxygen atoms in total. The van der Waals surface area contributed by atoms with Crippen molar-refractivity contribution < 1.29 is 10.2 Å². The Balaban J connectivity index is 1.98. The molecule has 3 atom stereocenters. The topological polar surface area (TPSA) is 40.5 Å². The number of aromatic hydroxyl groups is 1. The van der Waals surface area contributed by atoms with Gasteiger partial charge in [-0.15, -0.1) is 0 Å². The highest BCUT2D eigenvalue weighted by atomic mass is 16.3. The van der Waals surface area contributed by atoms with Crippen LogP contribution in [0.4, 0.5) is 0 Å². The standard InChI is InChI=1S/C15H22O2/c1-2-11-5-8-15(17)13(9-11)10-12-3-6-14(16)7-4-12/h3-4,6-7,11,13,15-17H,2,5,8-10H2,1H3. The van der Waals surface area contributed by atoms with E-state index in [0.717, 1.165) is 25.2 Å². The van der Waals surface area contributed by atoms with E-state index in [4.69, 9.17) is 0 Å². The molecule has 1 aromatic carbocycles. The van der Waals surface area contributed by atoms with E-state index in [0.29, 0.717) is 11.7 Å². The monoisotopic (exact) mass is 234 g/mol. The fourth-order valence-corrected chi connectivity index (χ4v) is 2.87. The van der Waals surface area contributed by atoms with Crippen LogP contribution in [0.2, 0.25) is 0 Å². The number of aliphatic hydroxyl groups is 1. The quantitative estimate of drug-likeness (QED) is 0.843. The lowest BCUT2D eigenvalue weighted by Crippen LogP contribution is -2.30. The molecule has 0 radical (unpaired) electrons. The van der Waals surface area contributed by atoms with Crippen LogP contribution >= 0.6 is 0 Å². The van der Waals surface area contributed by atoms with Crippen LogP contribution in [-0.4, -0.2) is 16.3 Å². The smallest absolute Gasteiger partial charge is 0.115 e. The highest BCUT2D eigenvalue weighted by molar-refractivity contribution is 5.26. The van der Waals surface area contributed by atoms with Gasteiger partial charge in [0.15, 0.2) is 0 Å². The minimum absolute atomic E-state index is 0.147. The van der Waals surface area contributed by atoms with Crippen LogP contribution in [0.5, 0.6) is 5.75 Å². The first-order chi connectivity index (χ1) is 8.19. The van der Waals surface area contributed by atoms with Gasteiger partial charge in [-0.05, 0) is 55.2 Å². The molecule has 1 aliphatic carbocycles. The first-order valence-corrected chi connectivity index (χ1v) is 6.65. The number of hydrogen-bond acceptors (Lipinski definition) is 2. The summed E-state index contributed by atoms with van der Waals surface area (Å²) in [7, 11) is 0. The minimum atomic E-state index is -0.147. The lowest BCUT2D eigenvalue weighted by molar-refractivity contribution is 0.0475. The Hall–Kier alpha value is -1.02. The van der Waals surface area contributed by atoms with Gasteiger partial charge in [-0.25, -0.2) is 0 Å². The molecule has 0 aliphatic heterocycles. The zero-order valence-corrected chi connectivity index (χ0v) is 10.5. The molecule has 1 aromatic rings. The molecule has 2 N–H and O–H groups in total. The number of phenols is 1. The molecule has 0 saturated heterocycles. The maximum atomic E-state index is 10.0. The summed E-state index contributed by atoms with van der Waals surface area (Å²) >= 11 is 0. The Labute approximate surface area is 103 Å². The molecule has 2 rings (SSSR count). The van der Waals surface area contributed by atoms with E-state index in [1.54, 1.807) is 12.1 Å². The number of aliphatic hydroxyl groups excluding tert-OH is 1. The van der Waals surface area contributed by atoms with Crippen molar-refractivity contribution in [2.24, 2.45) is 11.8 Å². The normalized spacial score (nSPS) is 29.2. The minimum Gasteiger partial charge on any atom is -0.508 e. The molecule has 17 heavy (non-hydrogen) atoms. The number of rotatable bonds is 3. The molecule has 0 heterocycles. The van der Waals surface area contributed by atoms with Crippen molar-refractivity contribution in [1.82, 2.24) is 0 Å². The van der Waals surface area contributed by atoms with Gasteiger partial charge in [0, 0.05) is 0 Å². The van der Waals surface area contributed by atoms with Crippen molar-refractivity contribution in [3.8, 4) is 5.75 Å². The SMILES string of the molecule is CCC1CCC(O)C(Cc2ccc(O)cc2)C1. The fraction of sp³-hybridized carbons (Fsp3) is 0.600. The van der Waals surface area contributed by atoms with Crippen molar-refractivity contribution in [2.75, 3.05) is 0 Å². The van der Waals surface area contributed by atoms with Crippen LogP contribution in [0.3, 0.4) is 0 Å². The van der Waals surface area contributed by atoms with Gasteiger partial charge in [0.1, 0.15) is 5.75 Å². The van der Waals surface area contributed by atoms with Gasteiger partial charge in [0.05, 0.1) is 6.10 Å². The molecule has 0 aromatic heterocycles. The third-order valence-corrected chi connectivity index (χ3v) is 4.06. The predicted octanol–water partition coefficient (Wildman–Crippen LogP) is 3.12. The molecule has 0 bridgehead atoms. The predicted molar refractivity (Wildman–Crippen MR) is 68.9 cm³/mol. The van der Waals surface area contributed by atoms with Gasteiger partial charge in [0.2, 0.25) is 0 Å². The van der Waals surface area contributed by atoms with Crippen molar-refractivity contribution in [2.45, 2.75) is 45.1 Å². The van der Waals surface area contributed by atoms with Gasteiger partial charge in [-0.3, -0.25) is 0 Å². The summed E-state index contributed by atoms with van der Waals surface area (Å²) in [6, 6.07) is 7.36. The van der Waals surface area contributed by atoms with E-state index < -0.39 is 0 Å². The average Bonchev–Trinajstić information content (AvgIpc) is 2.35. The fourth-order valence-electron chi connectivity index (χ4n) is 2.87. The van der Waals surface area contributed by atoms with E-state index in [2.05, 4.69) is 6.92 Å². The molecule has 1 aliphatic rings. The lowest BCUT2D eigenvalue weighted by Gasteiger charge is -2.33. The molecule has 2 heteroatoms. The van der Waals surface area contributed by atoms with Gasteiger partial charge >= 0.3 is 0 Å². The summed E-state index contributed by atoms with van der Waals surface area (Å²) in [5.74, 6) is 1.48. The van der Waals surface area contributed by atoms with Crippen LogP contribution in [0, 0.1) is 11.8 Å². The largest absolute Gasteiger partial charge is 0.508 e. The van der Waals surface area contributed by atoms with Crippen LogP contribution in [-0.2, 0) is 6.42 Å². The van der Waals surface area contributed by atoms with Gasteiger partial charge in [-0.2, -0.15) is 0 Å². The van der Waals surface area contributed by atoms with Crippen LogP contribution < -0.4 is 0 Å².